The van der Waals surface area contributed by atoms with Gasteiger partial charge in [0.2, 0.25) is 0 Å². The number of rotatable bonds is 4. The third kappa shape index (κ3) is 3.50. The maximum Gasteiger partial charge on any atom is 0.0870 e. The Labute approximate surface area is 127 Å². The van der Waals surface area contributed by atoms with E-state index in [1.807, 2.05) is 0 Å². The lowest BCUT2D eigenvalue weighted by Crippen LogP contribution is -2.50. The van der Waals surface area contributed by atoms with Gasteiger partial charge in [0.1, 0.15) is 0 Å². The molecule has 3 fully saturated rings. The van der Waals surface area contributed by atoms with E-state index in [9.17, 15) is 0 Å². The second-order valence-corrected chi connectivity index (χ2v) is 7.24. The summed E-state index contributed by atoms with van der Waals surface area (Å²) in [6.45, 7) is 6.28. The Morgan fingerprint density at radius 2 is 1.75 bits per heavy atom. The second-order valence-electron chi connectivity index (χ2n) is 6.71. The SMILES string of the molecule is NC(=S)CN1CCN(CC2CCC3(CCCC3)O2)CC1. The lowest BCUT2D eigenvalue weighted by atomic mass is 9.98. The first-order valence-corrected chi connectivity index (χ1v) is 8.47. The molecule has 3 rings (SSSR count). The van der Waals surface area contributed by atoms with Crippen LogP contribution < -0.4 is 5.73 Å². The van der Waals surface area contributed by atoms with Gasteiger partial charge in [0.05, 0.1) is 16.7 Å². The minimum Gasteiger partial charge on any atom is -0.392 e. The van der Waals surface area contributed by atoms with Crippen LogP contribution >= 0.6 is 12.2 Å². The average molecular weight is 297 g/mol. The molecule has 4 nitrogen and oxygen atoms in total. The number of thiocarbonyl (C=S) groups is 1. The van der Waals surface area contributed by atoms with Gasteiger partial charge >= 0.3 is 0 Å². The van der Waals surface area contributed by atoms with Crippen LogP contribution in [0.4, 0.5) is 0 Å². The lowest BCUT2D eigenvalue weighted by molar-refractivity contribution is -0.0506. The summed E-state index contributed by atoms with van der Waals surface area (Å²) in [6.07, 6.45) is 8.34. The first kappa shape index (κ1) is 14.7. The summed E-state index contributed by atoms with van der Waals surface area (Å²) < 4.78 is 6.41. The molecule has 1 saturated carbocycles. The molecule has 5 heteroatoms. The van der Waals surface area contributed by atoms with Crippen molar-refractivity contribution in [2.75, 3.05) is 39.3 Å². The maximum absolute atomic E-state index is 6.41. The van der Waals surface area contributed by atoms with Gasteiger partial charge in [-0.3, -0.25) is 9.80 Å². The topological polar surface area (TPSA) is 41.7 Å². The minimum absolute atomic E-state index is 0.276. The van der Waals surface area contributed by atoms with E-state index in [4.69, 9.17) is 22.7 Å². The van der Waals surface area contributed by atoms with E-state index in [2.05, 4.69) is 9.80 Å². The van der Waals surface area contributed by atoms with Crippen molar-refractivity contribution in [3.8, 4) is 0 Å². The Bertz CT molecular complexity index is 349. The Hall–Kier alpha value is -0.230. The first-order valence-electron chi connectivity index (χ1n) is 8.06. The van der Waals surface area contributed by atoms with Gasteiger partial charge in [-0.15, -0.1) is 0 Å². The Morgan fingerprint density at radius 3 is 2.40 bits per heavy atom. The van der Waals surface area contributed by atoms with Crippen LogP contribution in [0.2, 0.25) is 0 Å². The normalized spacial score (nSPS) is 31.1. The highest BCUT2D eigenvalue weighted by Gasteiger charge is 2.42. The van der Waals surface area contributed by atoms with Gasteiger partial charge in [0.15, 0.2) is 0 Å². The number of nitrogens with two attached hydrogens (primary N) is 1. The number of ether oxygens (including phenoxy) is 1. The molecule has 0 aromatic rings. The molecule has 3 aliphatic rings. The van der Waals surface area contributed by atoms with E-state index >= 15 is 0 Å². The summed E-state index contributed by atoms with van der Waals surface area (Å²) in [4.78, 5) is 5.52. The molecule has 2 heterocycles. The molecule has 1 unspecified atom stereocenters. The minimum atomic E-state index is 0.276. The molecule has 2 saturated heterocycles. The third-order valence-electron chi connectivity index (χ3n) is 5.16. The van der Waals surface area contributed by atoms with Crippen molar-refractivity contribution in [3.05, 3.63) is 0 Å². The van der Waals surface area contributed by atoms with Crippen molar-refractivity contribution in [3.63, 3.8) is 0 Å². The van der Waals surface area contributed by atoms with Crippen molar-refractivity contribution in [2.24, 2.45) is 5.73 Å². The molecular weight excluding hydrogens is 270 g/mol. The zero-order valence-corrected chi connectivity index (χ0v) is 13.2. The van der Waals surface area contributed by atoms with Gasteiger partial charge in [0.25, 0.3) is 0 Å². The number of piperazine rings is 1. The number of nitrogens with zero attached hydrogens (tertiary/aromatic N) is 2. The van der Waals surface area contributed by atoms with Gasteiger partial charge in [0, 0.05) is 39.3 Å². The molecule has 1 spiro atoms. The van der Waals surface area contributed by atoms with Gasteiger partial charge in [-0.1, -0.05) is 25.1 Å². The standard InChI is InChI=1S/C15H27N3OS/c16-14(20)12-18-9-7-17(8-10-18)11-13-3-6-15(19-13)4-1-2-5-15/h13H,1-12H2,(H2,16,20). The zero-order valence-electron chi connectivity index (χ0n) is 12.4. The van der Waals surface area contributed by atoms with Crippen LogP contribution in [0.5, 0.6) is 0 Å². The highest BCUT2D eigenvalue weighted by molar-refractivity contribution is 7.80. The van der Waals surface area contributed by atoms with E-state index in [0.29, 0.717) is 11.1 Å². The van der Waals surface area contributed by atoms with Crippen molar-refractivity contribution in [1.82, 2.24) is 9.80 Å². The van der Waals surface area contributed by atoms with Gasteiger partial charge in [-0.25, -0.2) is 0 Å². The van der Waals surface area contributed by atoms with Gasteiger partial charge in [-0.2, -0.15) is 0 Å². The monoisotopic (exact) mass is 297 g/mol. The largest absolute Gasteiger partial charge is 0.392 e. The second kappa shape index (κ2) is 6.26. The van der Waals surface area contributed by atoms with Crippen LogP contribution in [0.3, 0.4) is 0 Å². The van der Waals surface area contributed by atoms with Crippen LogP contribution in [0, 0.1) is 0 Å². The summed E-state index contributed by atoms with van der Waals surface area (Å²) in [7, 11) is 0. The predicted octanol–water partition coefficient (Wildman–Crippen LogP) is 1.38. The van der Waals surface area contributed by atoms with Crippen LogP contribution in [-0.4, -0.2) is 65.8 Å². The maximum atomic E-state index is 6.41. The molecule has 2 N–H and O–H groups in total. The quantitative estimate of drug-likeness (QED) is 0.794. The summed E-state index contributed by atoms with van der Waals surface area (Å²) in [5, 5.41) is 0. The van der Waals surface area contributed by atoms with Crippen molar-refractivity contribution in [1.29, 1.82) is 0 Å². The lowest BCUT2D eigenvalue weighted by Gasteiger charge is -2.36. The molecule has 20 heavy (non-hydrogen) atoms. The van der Waals surface area contributed by atoms with Crippen LogP contribution in [-0.2, 0) is 4.74 Å². The Balaban J connectivity index is 1.41. The summed E-state index contributed by atoms with van der Waals surface area (Å²) in [5.74, 6) is 0. The van der Waals surface area contributed by atoms with Crippen LogP contribution in [0.25, 0.3) is 0 Å². The van der Waals surface area contributed by atoms with Crippen LogP contribution in [0.15, 0.2) is 0 Å². The smallest absolute Gasteiger partial charge is 0.0870 e. The van der Waals surface area contributed by atoms with Crippen molar-refractivity contribution < 1.29 is 4.74 Å². The molecule has 1 atom stereocenters. The number of hydrogen-bond acceptors (Lipinski definition) is 4. The molecule has 0 bridgehead atoms. The fraction of sp³-hybridized carbons (Fsp3) is 0.933. The third-order valence-corrected chi connectivity index (χ3v) is 5.29. The highest BCUT2D eigenvalue weighted by Crippen LogP contribution is 2.43. The van der Waals surface area contributed by atoms with E-state index in [-0.39, 0.29) is 5.60 Å². The molecule has 0 radical (unpaired) electrons. The summed E-state index contributed by atoms with van der Waals surface area (Å²) >= 11 is 4.98. The fourth-order valence-corrected chi connectivity index (χ4v) is 4.23. The van der Waals surface area contributed by atoms with E-state index in [0.717, 1.165) is 39.3 Å². The summed E-state index contributed by atoms with van der Waals surface area (Å²) in [6, 6.07) is 0. The highest BCUT2D eigenvalue weighted by atomic mass is 32.1. The predicted molar refractivity (Wildman–Crippen MR) is 85.0 cm³/mol. The molecule has 0 aromatic carbocycles. The van der Waals surface area contributed by atoms with Crippen molar-refractivity contribution in [2.45, 2.75) is 50.2 Å². The van der Waals surface area contributed by atoms with Gasteiger partial charge in [-0.05, 0) is 25.7 Å². The molecular formula is C15H27N3OS. The average Bonchev–Trinajstić information content (AvgIpc) is 3.02. The van der Waals surface area contributed by atoms with E-state index in [1.165, 1.54) is 38.5 Å². The fourth-order valence-electron chi connectivity index (χ4n) is 4.05. The zero-order chi connectivity index (χ0) is 14.0. The number of hydrogen-bond donors (Lipinski definition) is 1. The molecule has 0 amide bonds. The molecule has 114 valence electrons. The van der Waals surface area contributed by atoms with E-state index < -0.39 is 0 Å². The van der Waals surface area contributed by atoms with E-state index in [1.54, 1.807) is 0 Å². The molecule has 0 aromatic heterocycles. The van der Waals surface area contributed by atoms with Crippen molar-refractivity contribution >= 4 is 17.2 Å². The summed E-state index contributed by atoms with van der Waals surface area (Å²) in [5.41, 5.74) is 5.89. The van der Waals surface area contributed by atoms with Crippen LogP contribution in [0.1, 0.15) is 38.5 Å². The Morgan fingerprint density at radius 1 is 1.10 bits per heavy atom. The molecule has 2 aliphatic heterocycles. The Kier molecular flexibility index (Phi) is 4.60. The first-order chi connectivity index (χ1) is 9.65. The molecule has 1 aliphatic carbocycles. The van der Waals surface area contributed by atoms with Gasteiger partial charge < -0.3 is 10.5 Å².